The number of rotatable bonds is 7. The van der Waals surface area contributed by atoms with Gasteiger partial charge in [-0.2, -0.15) is 0 Å². The van der Waals surface area contributed by atoms with Gasteiger partial charge in [-0.05, 0) is 61.6 Å². The second kappa shape index (κ2) is 10.1. The van der Waals surface area contributed by atoms with Gasteiger partial charge in [-0.25, -0.2) is 4.39 Å². The van der Waals surface area contributed by atoms with Gasteiger partial charge in [0.05, 0.1) is 18.4 Å². The molecule has 0 aliphatic carbocycles. The lowest BCUT2D eigenvalue weighted by Crippen LogP contribution is -2.29. The van der Waals surface area contributed by atoms with Gasteiger partial charge in [-0.15, -0.1) is 0 Å². The van der Waals surface area contributed by atoms with E-state index in [9.17, 15) is 23.8 Å². The summed E-state index contributed by atoms with van der Waals surface area (Å²) in [6, 6.07) is 8.89. The molecule has 1 heterocycles. The van der Waals surface area contributed by atoms with E-state index in [1.165, 1.54) is 35.9 Å². The van der Waals surface area contributed by atoms with Gasteiger partial charge < -0.3 is 25.0 Å². The minimum atomic E-state index is -0.887. The first kappa shape index (κ1) is 25.7. The van der Waals surface area contributed by atoms with Crippen molar-refractivity contribution in [3.63, 3.8) is 0 Å². The summed E-state index contributed by atoms with van der Waals surface area (Å²) in [4.78, 5) is 38.9. The molecule has 3 N–H and O–H groups in total. The number of Topliss-reactive ketones (excluding diaryl/α,β-unsaturated/α-hetero) is 1. The van der Waals surface area contributed by atoms with Crippen LogP contribution < -0.4 is 20.8 Å². The molecule has 35 heavy (non-hydrogen) atoms. The lowest BCUT2D eigenvalue weighted by Gasteiger charge is -2.12. The number of benzene rings is 2. The monoisotopic (exact) mass is 479 g/mol. The van der Waals surface area contributed by atoms with Crippen LogP contribution in [0.2, 0.25) is 6.82 Å². The van der Waals surface area contributed by atoms with E-state index in [0.717, 1.165) is 0 Å². The highest BCUT2D eigenvalue weighted by Crippen LogP contribution is 2.24. The number of nitrogens with zero attached hydrogens (tertiary/aromatic N) is 1. The molecule has 0 aliphatic rings. The molecule has 10 heteroatoms. The van der Waals surface area contributed by atoms with Gasteiger partial charge in [0.2, 0.25) is 0 Å². The topological polar surface area (TPSA) is 110 Å². The van der Waals surface area contributed by atoms with Gasteiger partial charge in [-0.1, -0.05) is 12.9 Å². The summed E-state index contributed by atoms with van der Waals surface area (Å²) in [5, 5.41) is 15.1. The average molecular weight is 479 g/mol. The number of nitrogens with one attached hydrogen (secondary N) is 2. The van der Waals surface area contributed by atoms with E-state index in [0.29, 0.717) is 39.4 Å². The summed E-state index contributed by atoms with van der Waals surface area (Å²) in [5.74, 6) is -2.19. The number of hydrogen-bond donors (Lipinski definition) is 3. The molecular formula is C25H27BFN3O5. The Morgan fingerprint density at radius 2 is 1.66 bits per heavy atom. The Kier molecular flexibility index (Phi) is 7.45. The highest BCUT2D eigenvalue weighted by atomic mass is 19.1. The van der Waals surface area contributed by atoms with E-state index >= 15 is 0 Å². The van der Waals surface area contributed by atoms with Crippen LogP contribution in [-0.4, -0.2) is 41.2 Å². The van der Waals surface area contributed by atoms with Crippen molar-refractivity contribution in [2.24, 2.45) is 7.05 Å². The second-order valence-electron chi connectivity index (χ2n) is 8.33. The van der Waals surface area contributed by atoms with Crippen LogP contribution in [0.3, 0.4) is 0 Å². The Morgan fingerprint density at radius 1 is 1.03 bits per heavy atom. The van der Waals surface area contributed by atoms with Crippen LogP contribution in [0.25, 0.3) is 0 Å². The van der Waals surface area contributed by atoms with Gasteiger partial charge >= 0.3 is 6.92 Å². The fourth-order valence-electron chi connectivity index (χ4n) is 3.98. The molecular weight excluding hydrogens is 452 g/mol. The molecule has 0 spiro atoms. The van der Waals surface area contributed by atoms with Crippen LogP contribution in [0, 0.1) is 26.6 Å². The average Bonchev–Trinajstić information content (AvgIpc) is 3.03. The maximum atomic E-state index is 13.6. The summed E-state index contributed by atoms with van der Waals surface area (Å²) in [6.45, 7) is 5.68. The van der Waals surface area contributed by atoms with E-state index in [1.54, 1.807) is 46.8 Å². The van der Waals surface area contributed by atoms with Gasteiger partial charge in [-0.3, -0.25) is 14.4 Å². The van der Waals surface area contributed by atoms with E-state index in [2.05, 4.69) is 10.6 Å². The zero-order chi connectivity index (χ0) is 26.0. The summed E-state index contributed by atoms with van der Waals surface area (Å²) in [6.07, 6.45) is 0. The number of aryl methyl sites for hydroxylation is 1. The van der Waals surface area contributed by atoms with E-state index in [1.807, 2.05) is 0 Å². The number of hydrogen-bond acceptors (Lipinski definition) is 5. The number of anilines is 2. The van der Waals surface area contributed by atoms with Gasteiger partial charge in [0.15, 0.2) is 0 Å². The molecule has 0 fully saturated rings. The van der Waals surface area contributed by atoms with Crippen LogP contribution in [-0.2, 0) is 11.8 Å². The summed E-state index contributed by atoms with van der Waals surface area (Å²) >= 11 is 0. The van der Waals surface area contributed by atoms with Crippen molar-refractivity contribution in [2.45, 2.75) is 27.6 Å². The molecule has 1 aromatic heterocycles. The van der Waals surface area contributed by atoms with Gasteiger partial charge in [0.1, 0.15) is 11.6 Å². The van der Waals surface area contributed by atoms with Crippen molar-refractivity contribution >= 4 is 41.4 Å². The molecule has 0 saturated carbocycles. The minimum absolute atomic E-state index is 0.0769. The number of amides is 2. The third-order valence-corrected chi connectivity index (χ3v) is 5.94. The highest BCUT2D eigenvalue weighted by molar-refractivity contribution is 6.65. The lowest BCUT2D eigenvalue weighted by molar-refractivity contribution is -0.112. The summed E-state index contributed by atoms with van der Waals surface area (Å²) < 4.78 is 20.3. The van der Waals surface area contributed by atoms with Crippen molar-refractivity contribution in [1.82, 2.24) is 4.57 Å². The summed E-state index contributed by atoms with van der Waals surface area (Å²) in [7, 11) is 3.04. The quantitative estimate of drug-likeness (QED) is 0.274. The number of halogens is 1. The van der Waals surface area contributed by atoms with Crippen molar-refractivity contribution < 1.29 is 28.5 Å². The van der Waals surface area contributed by atoms with Crippen molar-refractivity contribution in [1.29, 1.82) is 0 Å². The smallest absolute Gasteiger partial charge is 0.324 e. The van der Waals surface area contributed by atoms with E-state index in [-0.39, 0.29) is 17.1 Å². The third-order valence-electron chi connectivity index (χ3n) is 5.94. The van der Waals surface area contributed by atoms with Crippen LogP contribution in [0.4, 0.5) is 15.8 Å². The largest absolute Gasteiger partial charge is 0.497 e. The minimum Gasteiger partial charge on any atom is -0.497 e. The van der Waals surface area contributed by atoms with Gasteiger partial charge in [0, 0.05) is 30.2 Å². The van der Waals surface area contributed by atoms with E-state index in [4.69, 9.17) is 4.74 Å². The predicted octanol–water partition coefficient (Wildman–Crippen LogP) is 2.99. The first-order valence-corrected chi connectivity index (χ1v) is 10.9. The molecule has 0 aliphatic heterocycles. The first-order valence-electron chi connectivity index (χ1n) is 10.9. The first-order chi connectivity index (χ1) is 16.5. The number of carbonyl (C=O) groups is 3. The molecule has 8 nitrogen and oxygen atoms in total. The number of ether oxygens (including phenoxy) is 1. The maximum Gasteiger partial charge on any atom is 0.324 e. The molecule has 182 valence electrons. The normalized spacial score (nSPS) is 10.6. The Bertz CT molecular complexity index is 1330. The number of aromatic nitrogens is 1. The Hall–Kier alpha value is -3.92. The Morgan fingerprint density at radius 3 is 2.26 bits per heavy atom. The number of ketones is 1. The van der Waals surface area contributed by atoms with Crippen molar-refractivity contribution in [2.75, 3.05) is 17.7 Å². The van der Waals surface area contributed by atoms with Crippen LogP contribution in [0.15, 0.2) is 36.4 Å². The standard InChI is InChI=1S/C25H27BFN3O5/c1-13-11-16(8-10-19(13)27)28-24(32)21-14(2)22(30(5)15(21)3)23(31)25(33)29-17-7-9-18(26(4)34)20(12-17)35-6/h7-12,34H,1-6H3,(H,28,32)(H,29,33). The number of carbonyl (C=O) groups excluding carboxylic acids is 3. The van der Waals surface area contributed by atoms with Crippen molar-refractivity contribution in [3.05, 3.63) is 70.3 Å². The fraction of sp³-hybridized carbons (Fsp3) is 0.240. The molecule has 0 radical (unpaired) electrons. The SMILES string of the molecule is COc1cc(NC(=O)C(=O)c2c(C)c(C(=O)Nc3ccc(F)c(C)c3)c(C)n2C)ccc1B(C)O. The molecule has 0 atom stereocenters. The number of methoxy groups -OCH3 is 1. The fourth-order valence-corrected chi connectivity index (χ4v) is 3.98. The highest BCUT2D eigenvalue weighted by Gasteiger charge is 2.29. The zero-order valence-corrected chi connectivity index (χ0v) is 20.4. The second-order valence-corrected chi connectivity index (χ2v) is 8.33. The molecule has 3 aromatic rings. The van der Waals surface area contributed by atoms with Gasteiger partial charge in [0.25, 0.3) is 17.6 Å². The molecule has 0 bridgehead atoms. The molecule has 0 saturated heterocycles. The molecule has 0 unspecified atom stereocenters. The lowest BCUT2D eigenvalue weighted by atomic mass is 9.64. The maximum absolute atomic E-state index is 13.6. The Labute approximate surface area is 203 Å². The third kappa shape index (κ3) is 5.12. The summed E-state index contributed by atoms with van der Waals surface area (Å²) in [5.41, 5.74) is 2.84. The van der Waals surface area contributed by atoms with Crippen LogP contribution >= 0.6 is 0 Å². The molecule has 3 rings (SSSR count). The van der Waals surface area contributed by atoms with Crippen LogP contribution in [0.1, 0.15) is 37.7 Å². The van der Waals surface area contributed by atoms with Crippen LogP contribution in [0.5, 0.6) is 5.75 Å². The molecule has 2 aromatic carbocycles. The van der Waals surface area contributed by atoms with Crippen molar-refractivity contribution in [3.8, 4) is 5.75 Å². The Balaban J connectivity index is 1.86. The predicted molar refractivity (Wildman–Crippen MR) is 133 cm³/mol. The molecule has 2 amide bonds. The van der Waals surface area contributed by atoms with E-state index < -0.39 is 24.5 Å². The zero-order valence-electron chi connectivity index (χ0n) is 20.4.